The van der Waals surface area contributed by atoms with Crippen molar-refractivity contribution in [3.63, 3.8) is 0 Å². The van der Waals surface area contributed by atoms with E-state index in [1.165, 1.54) is 0 Å². The van der Waals surface area contributed by atoms with Gasteiger partial charge in [-0.05, 0) is 37.8 Å². The van der Waals surface area contributed by atoms with E-state index in [2.05, 4.69) is 20.1 Å². The van der Waals surface area contributed by atoms with Crippen LogP contribution in [-0.4, -0.2) is 30.9 Å². The van der Waals surface area contributed by atoms with Crippen LogP contribution in [0.25, 0.3) is 11.0 Å². The van der Waals surface area contributed by atoms with Crippen molar-refractivity contribution in [2.24, 2.45) is 0 Å². The van der Waals surface area contributed by atoms with E-state index in [0.717, 1.165) is 18.5 Å². The average Bonchev–Trinajstić information content (AvgIpc) is 3.01. The highest BCUT2D eigenvalue weighted by molar-refractivity contribution is 5.73. The number of fused-ring (bicyclic) bond motifs is 1. The first-order chi connectivity index (χ1) is 11.7. The summed E-state index contributed by atoms with van der Waals surface area (Å²) in [4.78, 5) is 24.0. The SMILES string of the molecule is O=c1[nH]c(Cc2ccccn2)nc2c1cnn2C1CCC(F)CC1. The molecular formula is C17H18FN5O. The average molecular weight is 327 g/mol. The van der Waals surface area contributed by atoms with E-state index in [1.807, 2.05) is 18.2 Å². The van der Waals surface area contributed by atoms with Crippen LogP contribution in [-0.2, 0) is 6.42 Å². The molecule has 3 heterocycles. The summed E-state index contributed by atoms with van der Waals surface area (Å²) in [6.07, 6.45) is 5.52. The lowest BCUT2D eigenvalue weighted by molar-refractivity contribution is 0.204. The smallest absolute Gasteiger partial charge is 0.262 e. The number of hydrogen-bond acceptors (Lipinski definition) is 4. The maximum atomic E-state index is 13.4. The second-order valence-corrected chi connectivity index (χ2v) is 6.24. The third-order valence-corrected chi connectivity index (χ3v) is 4.56. The summed E-state index contributed by atoms with van der Waals surface area (Å²) in [7, 11) is 0. The quantitative estimate of drug-likeness (QED) is 0.802. The minimum Gasteiger partial charge on any atom is -0.310 e. The standard InChI is InChI=1S/C17H18FN5O/c18-11-4-6-13(7-5-11)23-16-14(10-20-23)17(24)22-15(21-16)9-12-3-1-2-8-19-12/h1-3,8,10-11,13H,4-7,9H2,(H,21,22,24). The highest BCUT2D eigenvalue weighted by atomic mass is 19.1. The van der Waals surface area contributed by atoms with E-state index >= 15 is 0 Å². The maximum Gasteiger partial charge on any atom is 0.262 e. The first-order valence-corrected chi connectivity index (χ1v) is 8.21. The number of nitrogens with one attached hydrogen (secondary N) is 1. The van der Waals surface area contributed by atoms with Gasteiger partial charge >= 0.3 is 0 Å². The summed E-state index contributed by atoms with van der Waals surface area (Å²) in [5.41, 5.74) is 1.22. The van der Waals surface area contributed by atoms with Crippen molar-refractivity contribution in [1.82, 2.24) is 24.7 Å². The van der Waals surface area contributed by atoms with Crippen LogP contribution in [0.2, 0.25) is 0 Å². The molecule has 0 amide bonds. The molecule has 0 spiro atoms. The molecule has 0 atom stereocenters. The van der Waals surface area contributed by atoms with Crippen molar-refractivity contribution >= 4 is 11.0 Å². The Morgan fingerprint density at radius 2 is 2.08 bits per heavy atom. The fraction of sp³-hybridized carbons (Fsp3) is 0.412. The first kappa shape index (κ1) is 15.0. The van der Waals surface area contributed by atoms with E-state index in [-0.39, 0.29) is 11.6 Å². The summed E-state index contributed by atoms with van der Waals surface area (Å²) < 4.78 is 15.2. The molecule has 3 aromatic heterocycles. The van der Waals surface area contributed by atoms with Crippen molar-refractivity contribution < 1.29 is 4.39 Å². The number of aromatic nitrogens is 5. The molecule has 1 N–H and O–H groups in total. The van der Waals surface area contributed by atoms with Gasteiger partial charge in [0.2, 0.25) is 0 Å². The molecule has 4 rings (SSSR count). The predicted molar refractivity (Wildman–Crippen MR) is 87.6 cm³/mol. The molecule has 0 saturated heterocycles. The Kier molecular flexibility index (Phi) is 3.84. The van der Waals surface area contributed by atoms with E-state index in [9.17, 15) is 9.18 Å². The van der Waals surface area contributed by atoms with Crippen molar-refractivity contribution in [2.75, 3.05) is 0 Å². The number of pyridine rings is 1. The molecule has 0 bridgehead atoms. The Morgan fingerprint density at radius 1 is 1.25 bits per heavy atom. The minimum atomic E-state index is -0.723. The summed E-state index contributed by atoms with van der Waals surface area (Å²) in [6.45, 7) is 0. The summed E-state index contributed by atoms with van der Waals surface area (Å²) in [5.74, 6) is 0.562. The number of aromatic amines is 1. The van der Waals surface area contributed by atoms with Gasteiger partial charge in [0.25, 0.3) is 5.56 Å². The molecule has 0 aliphatic heterocycles. The fourth-order valence-corrected chi connectivity index (χ4v) is 3.29. The largest absolute Gasteiger partial charge is 0.310 e. The lowest BCUT2D eigenvalue weighted by Gasteiger charge is -2.24. The van der Waals surface area contributed by atoms with Gasteiger partial charge in [-0.3, -0.25) is 9.78 Å². The van der Waals surface area contributed by atoms with Gasteiger partial charge in [0.1, 0.15) is 17.4 Å². The Morgan fingerprint density at radius 3 is 2.83 bits per heavy atom. The van der Waals surface area contributed by atoms with Crippen molar-refractivity contribution in [3.8, 4) is 0 Å². The van der Waals surface area contributed by atoms with Crippen LogP contribution in [0.5, 0.6) is 0 Å². The zero-order valence-electron chi connectivity index (χ0n) is 13.2. The Bertz CT molecular complexity index is 896. The third-order valence-electron chi connectivity index (χ3n) is 4.56. The van der Waals surface area contributed by atoms with Gasteiger partial charge in [-0.1, -0.05) is 6.07 Å². The van der Waals surface area contributed by atoms with Crippen molar-refractivity contribution in [1.29, 1.82) is 0 Å². The molecule has 3 aromatic rings. The van der Waals surface area contributed by atoms with Gasteiger partial charge in [-0.2, -0.15) is 5.10 Å². The molecule has 1 aliphatic carbocycles. The third kappa shape index (κ3) is 2.81. The van der Waals surface area contributed by atoms with Gasteiger partial charge in [0.15, 0.2) is 5.65 Å². The number of nitrogens with zero attached hydrogens (tertiary/aromatic N) is 4. The van der Waals surface area contributed by atoms with E-state index in [0.29, 0.717) is 36.1 Å². The van der Waals surface area contributed by atoms with Crippen molar-refractivity contribution in [2.45, 2.75) is 44.3 Å². The van der Waals surface area contributed by atoms with Crippen LogP contribution in [0.3, 0.4) is 0 Å². The molecule has 7 heteroatoms. The molecule has 0 aromatic carbocycles. The van der Waals surface area contributed by atoms with Crippen LogP contribution in [0.4, 0.5) is 4.39 Å². The summed E-state index contributed by atoms with van der Waals surface area (Å²) >= 11 is 0. The van der Waals surface area contributed by atoms with Gasteiger partial charge in [0.05, 0.1) is 12.2 Å². The molecule has 1 aliphatic rings. The zero-order chi connectivity index (χ0) is 16.5. The molecule has 0 radical (unpaired) electrons. The number of hydrogen-bond donors (Lipinski definition) is 1. The predicted octanol–water partition coefficient (Wildman–Crippen LogP) is 2.56. The molecular weight excluding hydrogens is 309 g/mol. The fourth-order valence-electron chi connectivity index (χ4n) is 3.29. The van der Waals surface area contributed by atoms with Gasteiger partial charge < -0.3 is 4.98 Å². The summed E-state index contributed by atoms with van der Waals surface area (Å²) in [5, 5.41) is 4.82. The van der Waals surface area contributed by atoms with Crippen LogP contribution >= 0.6 is 0 Å². The van der Waals surface area contributed by atoms with E-state index in [1.54, 1.807) is 17.1 Å². The second-order valence-electron chi connectivity index (χ2n) is 6.24. The maximum absolute atomic E-state index is 13.4. The second kappa shape index (κ2) is 6.14. The highest BCUT2D eigenvalue weighted by Gasteiger charge is 2.24. The molecule has 1 saturated carbocycles. The molecule has 1 fully saturated rings. The van der Waals surface area contributed by atoms with Crippen LogP contribution < -0.4 is 5.56 Å². The zero-order valence-corrected chi connectivity index (χ0v) is 13.2. The number of rotatable bonds is 3. The monoisotopic (exact) mass is 327 g/mol. The topological polar surface area (TPSA) is 76.5 Å². The minimum absolute atomic E-state index is 0.103. The van der Waals surface area contributed by atoms with Gasteiger partial charge in [0, 0.05) is 18.3 Å². The number of H-pyrrole nitrogens is 1. The molecule has 6 nitrogen and oxygen atoms in total. The number of alkyl halides is 1. The lowest BCUT2D eigenvalue weighted by Crippen LogP contribution is -2.21. The Balaban J connectivity index is 1.70. The molecule has 124 valence electrons. The van der Waals surface area contributed by atoms with Crippen molar-refractivity contribution in [3.05, 3.63) is 52.5 Å². The summed E-state index contributed by atoms with van der Waals surface area (Å²) in [6, 6.07) is 5.74. The van der Waals surface area contributed by atoms with Crippen LogP contribution in [0, 0.1) is 0 Å². The van der Waals surface area contributed by atoms with E-state index in [4.69, 9.17) is 0 Å². The van der Waals surface area contributed by atoms with Gasteiger partial charge in [-0.25, -0.2) is 14.1 Å². The normalized spacial score (nSPS) is 21.2. The van der Waals surface area contributed by atoms with Crippen LogP contribution in [0.15, 0.2) is 35.4 Å². The first-order valence-electron chi connectivity index (χ1n) is 8.21. The lowest BCUT2D eigenvalue weighted by atomic mass is 9.94. The van der Waals surface area contributed by atoms with E-state index < -0.39 is 6.17 Å². The number of halogens is 1. The molecule has 0 unspecified atom stereocenters. The Labute approximate surface area is 137 Å². The van der Waals surface area contributed by atoms with Crippen LogP contribution in [0.1, 0.15) is 43.2 Å². The van der Waals surface area contributed by atoms with Gasteiger partial charge in [-0.15, -0.1) is 0 Å². The molecule has 24 heavy (non-hydrogen) atoms. The Hall–Kier alpha value is -2.57. The highest BCUT2D eigenvalue weighted by Crippen LogP contribution is 2.31.